The fourth-order valence-electron chi connectivity index (χ4n) is 6.53. The Balaban J connectivity index is 1.04. The molecule has 1 aliphatic heterocycles. The predicted molar refractivity (Wildman–Crippen MR) is 124 cm³/mol. The minimum Gasteiger partial charge on any atom is -0.480 e. The maximum atomic E-state index is 12.8. The van der Waals surface area contributed by atoms with Gasteiger partial charge in [-0.25, -0.2) is 9.59 Å². The molecule has 176 valence electrons. The Kier molecular flexibility index (Phi) is 5.08. The van der Waals surface area contributed by atoms with Crippen LogP contribution >= 0.6 is 0 Å². The molecule has 6 rings (SSSR count). The van der Waals surface area contributed by atoms with Crippen molar-refractivity contribution in [3.8, 4) is 11.1 Å². The molecule has 0 radical (unpaired) electrons. The highest BCUT2D eigenvalue weighted by atomic mass is 16.5. The highest BCUT2D eigenvalue weighted by Crippen LogP contribution is 2.50. The van der Waals surface area contributed by atoms with Crippen molar-refractivity contribution in [2.75, 3.05) is 13.2 Å². The van der Waals surface area contributed by atoms with Crippen molar-refractivity contribution in [3.63, 3.8) is 0 Å². The number of hydrogen-bond acceptors (Lipinski definition) is 4. The van der Waals surface area contributed by atoms with Crippen LogP contribution in [0.1, 0.15) is 42.7 Å². The van der Waals surface area contributed by atoms with E-state index in [1.54, 1.807) is 0 Å². The second kappa shape index (κ2) is 8.15. The molecule has 5 atom stereocenters. The first-order valence-corrected chi connectivity index (χ1v) is 12.2. The molecule has 3 aliphatic carbocycles. The van der Waals surface area contributed by atoms with E-state index in [-0.39, 0.29) is 36.3 Å². The summed E-state index contributed by atoms with van der Waals surface area (Å²) in [6.45, 7) is 0.816. The topological polar surface area (TPSA) is 95.9 Å². The molecule has 34 heavy (non-hydrogen) atoms. The third-order valence-corrected chi connectivity index (χ3v) is 8.41. The molecule has 2 amide bonds. The molecule has 2 aromatic carbocycles. The summed E-state index contributed by atoms with van der Waals surface area (Å²) in [4.78, 5) is 38.2. The highest BCUT2D eigenvalue weighted by molar-refractivity contribution is 5.87. The van der Waals surface area contributed by atoms with Gasteiger partial charge >= 0.3 is 12.1 Å². The molecule has 7 heteroatoms. The highest BCUT2D eigenvalue weighted by Gasteiger charge is 2.52. The lowest BCUT2D eigenvalue weighted by Crippen LogP contribution is -2.56. The number of alkyl carbamates (subject to hydrolysis) is 1. The van der Waals surface area contributed by atoms with Crippen molar-refractivity contribution in [2.45, 2.75) is 43.7 Å². The number of nitrogens with one attached hydrogen (secondary N) is 1. The molecule has 3 fully saturated rings. The summed E-state index contributed by atoms with van der Waals surface area (Å²) in [5.74, 6) is -0.384. The van der Waals surface area contributed by atoms with Crippen LogP contribution in [0.2, 0.25) is 0 Å². The van der Waals surface area contributed by atoms with E-state index in [9.17, 15) is 19.5 Å². The Morgan fingerprint density at radius 2 is 1.65 bits per heavy atom. The van der Waals surface area contributed by atoms with Crippen LogP contribution in [0.5, 0.6) is 0 Å². The van der Waals surface area contributed by atoms with E-state index in [0.29, 0.717) is 25.3 Å². The maximum absolute atomic E-state index is 12.8. The van der Waals surface area contributed by atoms with Gasteiger partial charge in [0.15, 0.2) is 0 Å². The van der Waals surface area contributed by atoms with Crippen LogP contribution in [-0.2, 0) is 14.3 Å². The number of fused-ring (bicyclic) bond motifs is 4. The maximum Gasteiger partial charge on any atom is 0.407 e. The zero-order valence-electron chi connectivity index (χ0n) is 18.9. The molecule has 0 bridgehead atoms. The number of carbonyl (C=O) groups excluding carboxylic acids is 2. The molecule has 0 aromatic heterocycles. The molecule has 1 saturated heterocycles. The van der Waals surface area contributed by atoms with Crippen molar-refractivity contribution >= 4 is 18.0 Å². The number of ether oxygens (including phenoxy) is 1. The predicted octanol–water partition coefficient (Wildman–Crippen LogP) is 3.63. The van der Waals surface area contributed by atoms with Gasteiger partial charge in [0.2, 0.25) is 5.91 Å². The quantitative estimate of drug-likeness (QED) is 0.711. The summed E-state index contributed by atoms with van der Waals surface area (Å²) in [5.41, 5.74) is 4.76. The first-order chi connectivity index (χ1) is 16.5. The van der Waals surface area contributed by atoms with Gasteiger partial charge in [0.25, 0.3) is 0 Å². The third kappa shape index (κ3) is 3.37. The Hall–Kier alpha value is -3.35. The van der Waals surface area contributed by atoms with Crippen molar-refractivity contribution < 1.29 is 24.2 Å². The lowest BCUT2D eigenvalue weighted by molar-refractivity contribution is -0.159. The normalized spacial score (nSPS) is 28.7. The number of likely N-dealkylation sites (tertiary alicyclic amines) is 1. The largest absolute Gasteiger partial charge is 0.480 e. The Morgan fingerprint density at radius 1 is 0.971 bits per heavy atom. The summed E-state index contributed by atoms with van der Waals surface area (Å²) in [5, 5.41) is 12.3. The number of hydrogen-bond donors (Lipinski definition) is 2. The molecule has 2 aromatic rings. The van der Waals surface area contributed by atoms with Crippen LogP contribution in [0.4, 0.5) is 4.79 Å². The van der Waals surface area contributed by atoms with Gasteiger partial charge in [-0.1, -0.05) is 48.5 Å². The molecular weight excluding hydrogens is 432 g/mol. The van der Waals surface area contributed by atoms with Crippen molar-refractivity contribution in [2.24, 2.45) is 17.8 Å². The van der Waals surface area contributed by atoms with Crippen LogP contribution in [0.25, 0.3) is 11.1 Å². The number of amides is 2. The lowest BCUT2D eigenvalue weighted by Gasteiger charge is -2.40. The molecule has 2 saturated carbocycles. The van der Waals surface area contributed by atoms with Gasteiger partial charge in [0.05, 0.1) is 0 Å². The minimum absolute atomic E-state index is 0.0186. The zero-order valence-corrected chi connectivity index (χ0v) is 18.9. The van der Waals surface area contributed by atoms with Crippen LogP contribution in [0, 0.1) is 17.8 Å². The van der Waals surface area contributed by atoms with Gasteiger partial charge in [0, 0.05) is 24.4 Å². The van der Waals surface area contributed by atoms with Gasteiger partial charge in [0.1, 0.15) is 12.6 Å². The Bertz CT molecular complexity index is 1120. The SMILES string of the molecule is O=C(N[C@@H]1C[C@@H]2CC(C(=O)N3CCC3C(=O)O)C[C@@H]21)OCC1c2ccccc2-c2ccccc21. The first-order valence-electron chi connectivity index (χ1n) is 12.2. The van der Waals surface area contributed by atoms with Crippen LogP contribution in [-0.4, -0.2) is 53.2 Å². The fraction of sp³-hybridized carbons (Fsp3) is 0.444. The molecule has 2 unspecified atom stereocenters. The number of nitrogens with zero attached hydrogens (tertiary/aromatic N) is 1. The monoisotopic (exact) mass is 460 g/mol. The standard InChI is InChI=1S/C27H28N2O5/c30-25(29-10-9-24(29)26(31)32)16-11-15-13-23(21(15)12-16)28-27(33)34-14-22-19-7-3-1-5-17(19)18-6-2-4-8-20(18)22/h1-8,15-16,21-24H,9-14H2,(H,28,33)(H,31,32)/t15-,16?,21-,23+,24?/m0/s1. The summed E-state index contributed by atoms with van der Waals surface area (Å²) in [6.07, 6.45) is 2.47. The molecule has 2 N–H and O–H groups in total. The fourth-order valence-corrected chi connectivity index (χ4v) is 6.53. The molecule has 7 nitrogen and oxygen atoms in total. The summed E-state index contributed by atoms with van der Waals surface area (Å²) in [6, 6.07) is 15.9. The first kappa shape index (κ1) is 21.2. The zero-order chi connectivity index (χ0) is 23.4. The number of carbonyl (C=O) groups is 3. The van der Waals surface area contributed by atoms with Gasteiger partial charge in [-0.15, -0.1) is 0 Å². The van der Waals surface area contributed by atoms with Crippen molar-refractivity contribution in [1.29, 1.82) is 0 Å². The molecule has 1 heterocycles. The summed E-state index contributed by atoms with van der Waals surface area (Å²) >= 11 is 0. The van der Waals surface area contributed by atoms with E-state index in [1.165, 1.54) is 27.2 Å². The smallest absolute Gasteiger partial charge is 0.407 e. The van der Waals surface area contributed by atoms with Gasteiger partial charge < -0.3 is 20.1 Å². The lowest BCUT2D eigenvalue weighted by atomic mass is 9.71. The van der Waals surface area contributed by atoms with E-state index in [4.69, 9.17) is 4.74 Å². The summed E-state index contributed by atoms with van der Waals surface area (Å²) < 4.78 is 5.68. The molecular formula is C27H28N2O5. The third-order valence-electron chi connectivity index (χ3n) is 8.41. The van der Waals surface area contributed by atoms with E-state index in [2.05, 4.69) is 29.6 Å². The number of carboxylic acids is 1. The van der Waals surface area contributed by atoms with Crippen molar-refractivity contribution in [1.82, 2.24) is 10.2 Å². The van der Waals surface area contributed by atoms with E-state index < -0.39 is 18.1 Å². The second-order valence-electron chi connectivity index (χ2n) is 10.1. The van der Waals surface area contributed by atoms with Crippen molar-refractivity contribution in [3.05, 3.63) is 59.7 Å². The van der Waals surface area contributed by atoms with Crippen LogP contribution < -0.4 is 5.32 Å². The van der Waals surface area contributed by atoms with Crippen LogP contribution in [0.15, 0.2) is 48.5 Å². The van der Waals surface area contributed by atoms with Gasteiger partial charge in [-0.3, -0.25) is 4.79 Å². The number of benzene rings is 2. The molecule has 4 aliphatic rings. The van der Waals surface area contributed by atoms with E-state index in [0.717, 1.165) is 12.8 Å². The number of carboxylic acid groups (broad SMARTS) is 1. The molecule has 0 spiro atoms. The van der Waals surface area contributed by atoms with Gasteiger partial charge in [-0.2, -0.15) is 0 Å². The number of aliphatic carboxylic acids is 1. The van der Waals surface area contributed by atoms with Gasteiger partial charge in [-0.05, 0) is 59.8 Å². The number of rotatable bonds is 5. The van der Waals surface area contributed by atoms with Crippen LogP contribution in [0.3, 0.4) is 0 Å². The Morgan fingerprint density at radius 3 is 2.26 bits per heavy atom. The van der Waals surface area contributed by atoms with E-state index >= 15 is 0 Å². The van der Waals surface area contributed by atoms with E-state index in [1.807, 2.05) is 24.3 Å². The minimum atomic E-state index is -0.921. The average Bonchev–Trinajstić information content (AvgIpc) is 3.30. The average molecular weight is 461 g/mol. The Labute approximate surface area is 198 Å². The second-order valence-corrected chi connectivity index (χ2v) is 10.1. The summed E-state index contributed by atoms with van der Waals surface area (Å²) in [7, 11) is 0.